The lowest BCUT2D eigenvalue weighted by Crippen LogP contribution is -2.47. The van der Waals surface area contributed by atoms with Crippen LogP contribution in [0.3, 0.4) is 0 Å². The average molecular weight is 407 g/mol. The van der Waals surface area contributed by atoms with Crippen LogP contribution in [0.2, 0.25) is 0 Å². The monoisotopic (exact) mass is 406 g/mol. The summed E-state index contributed by atoms with van der Waals surface area (Å²) in [6.07, 6.45) is 3.65. The van der Waals surface area contributed by atoms with Gasteiger partial charge in [0.2, 0.25) is 0 Å². The first-order chi connectivity index (χ1) is 13.5. The third-order valence-electron chi connectivity index (χ3n) is 5.39. The predicted octanol–water partition coefficient (Wildman–Crippen LogP) is 4.54. The number of anilines is 2. The molecule has 0 N–H and O–H groups in total. The average Bonchev–Trinajstić information content (AvgIpc) is 3.21. The molecule has 2 aliphatic heterocycles. The van der Waals surface area contributed by atoms with Crippen LogP contribution in [-0.4, -0.2) is 25.7 Å². The van der Waals surface area contributed by atoms with Crippen LogP contribution in [0.5, 0.6) is 0 Å². The molecule has 0 spiro atoms. The molecule has 5 rings (SSSR count). The summed E-state index contributed by atoms with van der Waals surface area (Å²) in [5.41, 5.74) is 2.22. The summed E-state index contributed by atoms with van der Waals surface area (Å²) >= 11 is 3.21. The first-order valence-electron chi connectivity index (χ1n) is 9.07. The summed E-state index contributed by atoms with van der Waals surface area (Å²) in [6.45, 7) is 0. The number of hydrogen-bond acceptors (Lipinski definition) is 6. The van der Waals surface area contributed by atoms with Gasteiger partial charge >= 0.3 is 0 Å². The number of fused-ring (bicyclic) bond motifs is 2. The number of nitrogens with zero attached hydrogens (tertiary/aromatic N) is 2. The van der Waals surface area contributed by atoms with E-state index in [-0.39, 0.29) is 11.6 Å². The van der Waals surface area contributed by atoms with Crippen LogP contribution in [0.15, 0.2) is 80.5 Å². The largest absolute Gasteiger partial charge is 0.338 e. The van der Waals surface area contributed by atoms with Crippen molar-refractivity contribution in [3.05, 3.63) is 70.7 Å². The lowest BCUT2D eigenvalue weighted by atomic mass is 9.72. The Morgan fingerprint density at radius 2 is 1.11 bits per heavy atom. The second-order valence-corrected chi connectivity index (χ2v) is 9.15. The topological polar surface area (TPSA) is 40.6 Å². The molecule has 140 valence electrons. The molecule has 6 heteroatoms. The number of Topliss-reactive ketones (excluding diaryl/α,β-unsaturated/α-hetero) is 2. The number of thioether (sulfide) groups is 2. The third kappa shape index (κ3) is 2.63. The fourth-order valence-electron chi connectivity index (χ4n) is 3.72. The molecule has 0 aromatic heterocycles. The number of para-hydroxylation sites is 2. The van der Waals surface area contributed by atoms with Crippen LogP contribution >= 0.6 is 23.5 Å². The van der Waals surface area contributed by atoms with Gasteiger partial charge in [0, 0.05) is 23.9 Å². The molecule has 1 saturated carbocycles. The number of benzene rings is 2. The summed E-state index contributed by atoms with van der Waals surface area (Å²) in [6, 6.07) is 16.2. The smallest absolute Gasteiger partial charge is 0.161 e. The fourth-order valence-corrected chi connectivity index (χ4v) is 5.96. The maximum absolute atomic E-state index is 12.7. The maximum atomic E-state index is 12.7. The van der Waals surface area contributed by atoms with Gasteiger partial charge in [-0.05, 0) is 36.4 Å². The highest BCUT2D eigenvalue weighted by molar-refractivity contribution is 8.04. The lowest BCUT2D eigenvalue weighted by Gasteiger charge is -2.29. The molecule has 1 fully saturated rings. The van der Waals surface area contributed by atoms with Crippen LogP contribution in [0.25, 0.3) is 0 Å². The van der Waals surface area contributed by atoms with Gasteiger partial charge in [0.25, 0.3) is 0 Å². The van der Waals surface area contributed by atoms with E-state index < -0.39 is 11.8 Å². The zero-order valence-electron chi connectivity index (χ0n) is 15.5. The Hall–Kier alpha value is -2.44. The van der Waals surface area contributed by atoms with Crippen LogP contribution in [0.1, 0.15) is 0 Å². The molecular formula is C22H18N2O2S2. The molecule has 0 amide bonds. The summed E-state index contributed by atoms with van der Waals surface area (Å²) < 4.78 is 0. The second kappa shape index (κ2) is 6.57. The molecular weight excluding hydrogens is 388 g/mol. The van der Waals surface area contributed by atoms with Crippen molar-refractivity contribution in [2.45, 2.75) is 9.79 Å². The van der Waals surface area contributed by atoms with E-state index in [0.717, 1.165) is 31.2 Å². The van der Waals surface area contributed by atoms with Crippen molar-refractivity contribution in [3.8, 4) is 0 Å². The summed E-state index contributed by atoms with van der Waals surface area (Å²) in [5.74, 6) is -1.31. The van der Waals surface area contributed by atoms with E-state index in [1.807, 2.05) is 72.4 Å². The Kier molecular flexibility index (Phi) is 4.14. The van der Waals surface area contributed by atoms with Gasteiger partial charge in [-0.2, -0.15) is 0 Å². The van der Waals surface area contributed by atoms with Gasteiger partial charge in [0.05, 0.1) is 33.3 Å². The van der Waals surface area contributed by atoms with Gasteiger partial charge in [0.15, 0.2) is 11.6 Å². The molecule has 0 saturated heterocycles. The minimum Gasteiger partial charge on any atom is -0.338 e. The van der Waals surface area contributed by atoms with Crippen molar-refractivity contribution in [2.24, 2.45) is 11.8 Å². The van der Waals surface area contributed by atoms with E-state index in [1.54, 1.807) is 23.5 Å². The molecule has 2 aromatic carbocycles. The van der Waals surface area contributed by atoms with Gasteiger partial charge in [-0.3, -0.25) is 9.59 Å². The Balaban J connectivity index is 1.35. The number of hydrogen-bond donors (Lipinski definition) is 0. The van der Waals surface area contributed by atoms with E-state index in [4.69, 9.17) is 0 Å². The molecule has 2 heterocycles. The maximum Gasteiger partial charge on any atom is 0.161 e. The van der Waals surface area contributed by atoms with Crippen molar-refractivity contribution >= 4 is 46.5 Å². The summed E-state index contributed by atoms with van der Waals surface area (Å²) in [4.78, 5) is 31.9. The third-order valence-corrected chi connectivity index (χ3v) is 7.76. The minimum absolute atomic E-state index is 0.0140. The number of carbonyl (C=O) groups is 2. The van der Waals surface area contributed by atoms with Crippen molar-refractivity contribution in [1.29, 1.82) is 0 Å². The van der Waals surface area contributed by atoms with E-state index in [2.05, 4.69) is 12.1 Å². The molecule has 0 unspecified atom stereocenters. The van der Waals surface area contributed by atoms with Crippen molar-refractivity contribution in [1.82, 2.24) is 0 Å². The normalized spacial score (nSPS) is 26.1. The first kappa shape index (κ1) is 17.6. The van der Waals surface area contributed by atoms with Gasteiger partial charge in [-0.25, -0.2) is 0 Å². The van der Waals surface area contributed by atoms with E-state index in [0.29, 0.717) is 0 Å². The molecule has 28 heavy (non-hydrogen) atoms. The quantitative estimate of drug-likeness (QED) is 0.682. The zero-order valence-corrected chi connectivity index (χ0v) is 17.1. The van der Waals surface area contributed by atoms with Gasteiger partial charge in [0.1, 0.15) is 0 Å². The number of carbonyl (C=O) groups excluding carboxylic acids is 2. The molecule has 2 aromatic rings. The van der Waals surface area contributed by atoms with Gasteiger partial charge in [-0.1, -0.05) is 47.8 Å². The minimum atomic E-state index is -0.639. The number of rotatable bonds is 2. The van der Waals surface area contributed by atoms with Crippen molar-refractivity contribution in [3.63, 3.8) is 0 Å². The Morgan fingerprint density at radius 1 is 0.714 bits per heavy atom. The molecule has 4 nitrogen and oxygen atoms in total. The van der Waals surface area contributed by atoms with Crippen LogP contribution in [0, 0.1) is 11.8 Å². The standard InChI is InChI=1S/C22H18N2O2S2/c1-23-15-7-3-5-9-17(15)27-19(23)11-13-21(25)14(22(13)26)12-20-24(2)16-8-4-6-10-18(16)28-20/h3-14H,1-2H3/b19-11+,20-12+. The van der Waals surface area contributed by atoms with E-state index >= 15 is 0 Å². The Morgan fingerprint density at radius 3 is 1.50 bits per heavy atom. The zero-order chi connectivity index (χ0) is 19.4. The molecule has 0 radical (unpaired) electrons. The predicted molar refractivity (Wildman–Crippen MR) is 115 cm³/mol. The fraction of sp³-hybridized carbons (Fsp3) is 0.182. The van der Waals surface area contributed by atoms with Crippen molar-refractivity contribution < 1.29 is 9.59 Å². The summed E-state index contributed by atoms with van der Waals surface area (Å²) in [7, 11) is 3.94. The summed E-state index contributed by atoms with van der Waals surface area (Å²) in [5, 5.41) is 1.89. The highest BCUT2D eigenvalue weighted by atomic mass is 32.2. The van der Waals surface area contributed by atoms with E-state index in [9.17, 15) is 9.59 Å². The van der Waals surface area contributed by atoms with Crippen LogP contribution in [0.4, 0.5) is 11.4 Å². The number of ketones is 2. The molecule has 1 aliphatic carbocycles. The lowest BCUT2D eigenvalue weighted by molar-refractivity contribution is -0.145. The molecule has 3 aliphatic rings. The highest BCUT2D eigenvalue weighted by Crippen LogP contribution is 2.48. The molecule has 0 atom stereocenters. The Labute approximate surface area is 172 Å². The second-order valence-electron chi connectivity index (χ2n) is 7.03. The van der Waals surface area contributed by atoms with Gasteiger partial charge in [-0.15, -0.1) is 0 Å². The SMILES string of the molecule is CN1/C(=C\C2C(=O)C(/C=C3/Sc4ccccc4N3C)C2=O)Sc2ccccc21. The Bertz CT molecular complexity index is 978. The van der Waals surface area contributed by atoms with Crippen LogP contribution < -0.4 is 9.80 Å². The van der Waals surface area contributed by atoms with E-state index in [1.165, 1.54) is 0 Å². The van der Waals surface area contributed by atoms with Crippen molar-refractivity contribution in [2.75, 3.05) is 23.9 Å². The molecule has 0 bridgehead atoms. The van der Waals surface area contributed by atoms with Gasteiger partial charge < -0.3 is 9.80 Å². The first-order valence-corrected chi connectivity index (χ1v) is 10.7. The van der Waals surface area contributed by atoms with Crippen LogP contribution in [-0.2, 0) is 9.59 Å². The number of allylic oxidation sites excluding steroid dienone is 2. The highest BCUT2D eigenvalue weighted by Gasteiger charge is 2.47.